The Labute approximate surface area is 150 Å². The molecule has 4 nitrogen and oxygen atoms in total. The second-order valence-corrected chi connectivity index (χ2v) is 7.81. The van der Waals surface area contributed by atoms with Crippen LogP contribution in [0, 0.1) is 13.8 Å². The topological polar surface area (TPSA) is 43.6 Å². The number of aryl methyl sites for hydroxylation is 3. The SMILES string of the molecule is Cc1cccc(-c2nn3c(c2-c2ccc4sc(C)nc4c2)CCC3)n1. The fourth-order valence-corrected chi connectivity index (χ4v) is 4.50. The van der Waals surface area contributed by atoms with Crippen LogP contribution in [0.2, 0.25) is 0 Å². The number of rotatable bonds is 2. The molecule has 4 heterocycles. The summed E-state index contributed by atoms with van der Waals surface area (Å²) in [6.45, 7) is 5.08. The standard InChI is InChI=1S/C20H18N4S/c1-12-5-3-6-15(21-12)20-19(17-7-4-10-24(17)23-20)14-8-9-18-16(11-14)22-13(2)25-18/h3,5-6,8-9,11H,4,7,10H2,1-2H3. The Morgan fingerprint density at radius 2 is 2.00 bits per heavy atom. The Morgan fingerprint density at radius 1 is 1.08 bits per heavy atom. The van der Waals surface area contributed by atoms with Crippen molar-refractivity contribution in [1.29, 1.82) is 0 Å². The van der Waals surface area contributed by atoms with Crippen molar-refractivity contribution in [1.82, 2.24) is 19.7 Å². The molecule has 0 saturated carbocycles. The molecule has 0 aliphatic carbocycles. The van der Waals surface area contributed by atoms with Crippen molar-refractivity contribution in [2.75, 3.05) is 0 Å². The molecule has 0 spiro atoms. The molecule has 4 aromatic rings. The van der Waals surface area contributed by atoms with Gasteiger partial charge in [0.1, 0.15) is 5.69 Å². The van der Waals surface area contributed by atoms with E-state index in [1.54, 1.807) is 11.3 Å². The van der Waals surface area contributed by atoms with Gasteiger partial charge in [-0.3, -0.25) is 9.67 Å². The van der Waals surface area contributed by atoms with Crippen LogP contribution in [0.1, 0.15) is 22.8 Å². The van der Waals surface area contributed by atoms with E-state index in [-0.39, 0.29) is 0 Å². The van der Waals surface area contributed by atoms with Crippen LogP contribution < -0.4 is 0 Å². The number of aromatic nitrogens is 4. The quantitative estimate of drug-likeness (QED) is 0.524. The van der Waals surface area contributed by atoms with Crippen molar-refractivity contribution in [2.24, 2.45) is 0 Å². The molecule has 0 radical (unpaired) electrons. The Bertz CT molecular complexity index is 1110. The zero-order chi connectivity index (χ0) is 17.0. The van der Waals surface area contributed by atoms with Gasteiger partial charge < -0.3 is 0 Å². The second-order valence-electron chi connectivity index (χ2n) is 6.58. The van der Waals surface area contributed by atoms with E-state index >= 15 is 0 Å². The number of hydrogen-bond donors (Lipinski definition) is 0. The molecule has 5 heteroatoms. The van der Waals surface area contributed by atoms with Crippen LogP contribution in [0.25, 0.3) is 32.7 Å². The fraction of sp³-hybridized carbons (Fsp3) is 0.250. The lowest BCUT2D eigenvalue weighted by Gasteiger charge is -2.06. The van der Waals surface area contributed by atoms with Crippen LogP contribution in [0.3, 0.4) is 0 Å². The van der Waals surface area contributed by atoms with Crippen molar-refractivity contribution in [3.05, 3.63) is 52.8 Å². The van der Waals surface area contributed by atoms with Gasteiger partial charge in [0.2, 0.25) is 0 Å². The van der Waals surface area contributed by atoms with E-state index in [2.05, 4.69) is 46.9 Å². The summed E-state index contributed by atoms with van der Waals surface area (Å²) in [4.78, 5) is 9.39. The molecule has 0 unspecified atom stereocenters. The van der Waals surface area contributed by atoms with Gasteiger partial charge in [-0.1, -0.05) is 12.1 Å². The molecule has 1 aliphatic heterocycles. The minimum atomic E-state index is 0.950. The maximum Gasteiger partial charge on any atom is 0.119 e. The van der Waals surface area contributed by atoms with Gasteiger partial charge in [0.15, 0.2) is 0 Å². The van der Waals surface area contributed by atoms with Gasteiger partial charge in [-0.2, -0.15) is 5.10 Å². The Morgan fingerprint density at radius 3 is 2.88 bits per heavy atom. The summed E-state index contributed by atoms with van der Waals surface area (Å²) in [6, 6.07) is 12.7. The monoisotopic (exact) mass is 346 g/mol. The third kappa shape index (κ3) is 2.38. The lowest BCUT2D eigenvalue weighted by atomic mass is 9.99. The van der Waals surface area contributed by atoms with E-state index in [0.29, 0.717) is 0 Å². The predicted molar refractivity (Wildman–Crippen MR) is 102 cm³/mol. The van der Waals surface area contributed by atoms with Crippen LogP contribution in [0.4, 0.5) is 0 Å². The number of nitrogens with zero attached hydrogens (tertiary/aromatic N) is 4. The second kappa shape index (κ2) is 5.49. The van der Waals surface area contributed by atoms with Crippen LogP contribution in [0.15, 0.2) is 36.4 Å². The molecule has 5 rings (SSSR count). The maximum absolute atomic E-state index is 4.90. The normalized spacial score (nSPS) is 13.5. The number of pyridine rings is 1. The summed E-state index contributed by atoms with van der Waals surface area (Å²) in [5.41, 5.74) is 7.77. The third-order valence-electron chi connectivity index (χ3n) is 4.76. The lowest BCUT2D eigenvalue weighted by molar-refractivity contribution is 0.658. The van der Waals surface area contributed by atoms with Crippen molar-refractivity contribution in [2.45, 2.75) is 33.2 Å². The van der Waals surface area contributed by atoms with Gasteiger partial charge in [0.25, 0.3) is 0 Å². The van der Waals surface area contributed by atoms with Crippen molar-refractivity contribution >= 4 is 21.6 Å². The first kappa shape index (κ1) is 14.8. The van der Waals surface area contributed by atoms with Crippen molar-refractivity contribution in [3.8, 4) is 22.5 Å². The number of fused-ring (bicyclic) bond motifs is 2. The molecule has 25 heavy (non-hydrogen) atoms. The zero-order valence-corrected chi connectivity index (χ0v) is 15.1. The summed E-state index contributed by atoms with van der Waals surface area (Å²) in [5, 5.41) is 6.00. The van der Waals surface area contributed by atoms with E-state index < -0.39 is 0 Å². The fourth-order valence-electron chi connectivity index (χ4n) is 3.69. The molecule has 0 saturated heterocycles. The molecule has 1 aromatic carbocycles. The minimum absolute atomic E-state index is 0.950. The highest BCUT2D eigenvalue weighted by Crippen LogP contribution is 2.38. The molecular weight excluding hydrogens is 328 g/mol. The number of thiazole rings is 1. The minimum Gasteiger partial charge on any atom is -0.268 e. The van der Waals surface area contributed by atoms with Crippen LogP contribution >= 0.6 is 11.3 Å². The van der Waals surface area contributed by atoms with Crippen molar-refractivity contribution < 1.29 is 0 Å². The number of benzene rings is 1. The average Bonchev–Trinajstić information content (AvgIpc) is 3.26. The van der Waals surface area contributed by atoms with Gasteiger partial charge in [-0.25, -0.2) is 4.98 Å². The van der Waals surface area contributed by atoms with Crippen LogP contribution in [0.5, 0.6) is 0 Å². The van der Waals surface area contributed by atoms with Gasteiger partial charge in [0, 0.05) is 23.5 Å². The van der Waals surface area contributed by atoms with Gasteiger partial charge in [0.05, 0.1) is 20.9 Å². The van der Waals surface area contributed by atoms with E-state index in [4.69, 9.17) is 10.1 Å². The highest BCUT2D eigenvalue weighted by Gasteiger charge is 2.24. The average molecular weight is 346 g/mol. The Balaban J connectivity index is 1.76. The van der Waals surface area contributed by atoms with E-state index in [0.717, 1.165) is 47.0 Å². The largest absolute Gasteiger partial charge is 0.268 e. The van der Waals surface area contributed by atoms with E-state index in [9.17, 15) is 0 Å². The highest BCUT2D eigenvalue weighted by molar-refractivity contribution is 7.18. The molecular formula is C20H18N4S. The molecule has 0 N–H and O–H groups in total. The Hall–Kier alpha value is -2.53. The van der Waals surface area contributed by atoms with Gasteiger partial charge in [-0.15, -0.1) is 11.3 Å². The van der Waals surface area contributed by atoms with Gasteiger partial charge in [-0.05, 0) is 56.5 Å². The molecule has 0 atom stereocenters. The molecule has 0 amide bonds. The first-order valence-electron chi connectivity index (χ1n) is 8.60. The molecule has 3 aromatic heterocycles. The summed E-state index contributed by atoms with van der Waals surface area (Å²) in [5.74, 6) is 0. The smallest absolute Gasteiger partial charge is 0.119 e. The number of hydrogen-bond acceptors (Lipinski definition) is 4. The highest BCUT2D eigenvalue weighted by atomic mass is 32.1. The van der Waals surface area contributed by atoms with Gasteiger partial charge >= 0.3 is 0 Å². The Kier molecular flexibility index (Phi) is 3.25. The van der Waals surface area contributed by atoms with Crippen molar-refractivity contribution in [3.63, 3.8) is 0 Å². The van der Waals surface area contributed by atoms with E-state index in [1.807, 2.05) is 13.0 Å². The molecule has 124 valence electrons. The third-order valence-corrected chi connectivity index (χ3v) is 5.71. The maximum atomic E-state index is 4.90. The summed E-state index contributed by atoms with van der Waals surface area (Å²) in [6.07, 6.45) is 2.23. The zero-order valence-electron chi connectivity index (χ0n) is 14.3. The molecule has 0 fully saturated rings. The summed E-state index contributed by atoms with van der Waals surface area (Å²) in [7, 11) is 0. The van der Waals surface area contributed by atoms with E-state index in [1.165, 1.54) is 21.5 Å². The lowest BCUT2D eigenvalue weighted by Crippen LogP contribution is -1.95. The first-order valence-corrected chi connectivity index (χ1v) is 9.42. The summed E-state index contributed by atoms with van der Waals surface area (Å²) >= 11 is 1.74. The first-order chi connectivity index (χ1) is 12.2. The van der Waals surface area contributed by atoms with Crippen LogP contribution in [-0.2, 0) is 13.0 Å². The van der Waals surface area contributed by atoms with Crippen LogP contribution in [-0.4, -0.2) is 19.7 Å². The predicted octanol–water partition coefficient (Wildman–Crippen LogP) is 4.78. The molecule has 1 aliphatic rings. The summed E-state index contributed by atoms with van der Waals surface area (Å²) < 4.78 is 3.39. The molecule has 0 bridgehead atoms.